The average Bonchev–Trinajstić information content (AvgIpc) is 2.32. The van der Waals surface area contributed by atoms with E-state index in [9.17, 15) is 9.50 Å². The summed E-state index contributed by atoms with van der Waals surface area (Å²) in [5, 5.41) is 12.5. The first-order valence-corrected chi connectivity index (χ1v) is 5.51. The number of halogens is 1. The minimum Gasteiger partial charge on any atom is -0.508 e. The Morgan fingerprint density at radius 2 is 1.82 bits per heavy atom. The van der Waals surface area contributed by atoms with E-state index in [0.29, 0.717) is 0 Å². The van der Waals surface area contributed by atoms with Gasteiger partial charge in [0.2, 0.25) is 0 Å². The van der Waals surface area contributed by atoms with Gasteiger partial charge in [-0.3, -0.25) is 0 Å². The minimum atomic E-state index is -0.233. The van der Waals surface area contributed by atoms with E-state index in [4.69, 9.17) is 0 Å². The molecule has 0 saturated carbocycles. The van der Waals surface area contributed by atoms with E-state index in [0.717, 1.165) is 24.2 Å². The molecule has 2 rings (SSSR count). The highest BCUT2D eigenvalue weighted by Crippen LogP contribution is 2.12. The van der Waals surface area contributed by atoms with Crippen molar-refractivity contribution >= 4 is 5.69 Å². The summed E-state index contributed by atoms with van der Waals surface area (Å²) in [6, 6.07) is 13.4. The van der Waals surface area contributed by atoms with Crippen LogP contribution in [-0.2, 0) is 6.42 Å². The molecule has 0 radical (unpaired) electrons. The van der Waals surface area contributed by atoms with Crippen LogP contribution in [0.25, 0.3) is 0 Å². The van der Waals surface area contributed by atoms with Crippen LogP contribution < -0.4 is 5.32 Å². The molecule has 0 atom stereocenters. The van der Waals surface area contributed by atoms with Gasteiger partial charge in [-0.15, -0.1) is 0 Å². The Bertz CT molecular complexity index is 482. The molecule has 0 unspecified atom stereocenters. The normalized spacial score (nSPS) is 10.2. The Kier molecular flexibility index (Phi) is 3.60. The van der Waals surface area contributed by atoms with Gasteiger partial charge in [0.25, 0.3) is 0 Å². The smallest absolute Gasteiger partial charge is 0.123 e. The van der Waals surface area contributed by atoms with Crippen molar-refractivity contribution < 1.29 is 9.50 Å². The van der Waals surface area contributed by atoms with Crippen molar-refractivity contribution in [1.82, 2.24) is 0 Å². The average molecular weight is 231 g/mol. The van der Waals surface area contributed by atoms with Crippen LogP contribution in [0.5, 0.6) is 5.75 Å². The van der Waals surface area contributed by atoms with Crippen LogP contribution in [0.15, 0.2) is 48.5 Å². The summed E-state index contributed by atoms with van der Waals surface area (Å²) in [5.41, 5.74) is 1.96. The van der Waals surface area contributed by atoms with E-state index >= 15 is 0 Å². The molecule has 2 N–H and O–H groups in total. The Hall–Kier alpha value is -2.03. The van der Waals surface area contributed by atoms with Gasteiger partial charge in [-0.2, -0.15) is 0 Å². The van der Waals surface area contributed by atoms with Crippen molar-refractivity contribution in [1.29, 1.82) is 0 Å². The molecule has 2 aromatic rings. The highest BCUT2D eigenvalue weighted by molar-refractivity contribution is 5.43. The first kappa shape index (κ1) is 11.5. The minimum absolute atomic E-state index is 0.233. The molecule has 3 heteroatoms. The highest BCUT2D eigenvalue weighted by atomic mass is 19.1. The fourth-order valence-corrected chi connectivity index (χ4v) is 1.63. The zero-order valence-electron chi connectivity index (χ0n) is 9.36. The number of benzene rings is 2. The molecule has 17 heavy (non-hydrogen) atoms. The van der Waals surface area contributed by atoms with Gasteiger partial charge in [0.15, 0.2) is 0 Å². The second kappa shape index (κ2) is 5.34. The molecule has 2 nitrogen and oxygen atoms in total. The Balaban J connectivity index is 1.85. The van der Waals surface area contributed by atoms with Crippen molar-refractivity contribution in [2.24, 2.45) is 0 Å². The Morgan fingerprint density at radius 3 is 2.53 bits per heavy atom. The number of aromatic hydroxyl groups is 1. The second-order valence-corrected chi connectivity index (χ2v) is 3.85. The summed E-state index contributed by atoms with van der Waals surface area (Å²) in [7, 11) is 0. The molecular weight excluding hydrogens is 217 g/mol. The number of phenols is 1. The van der Waals surface area contributed by atoms with Gasteiger partial charge >= 0.3 is 0 Å². The fraction of sp³-hybridized carbons (Fsp3) is 0.143. The van der Waals surface area contributed by atoms with Gasteiger partial charge in [0.05, 0.1) is 0 Å². The van der Waals surface area contributed by atoms with Crippen molar-refractivity contribution in [3.8, 4) is 5.75 Å². The third-order valence-electron chi connectivity index (χ3n) is 2.50. The lowest BCUT2D eigenvalue weighted by Gasteiger charge is -2.06. The predicted octanol–water partition coefficient (Wildman–Crippen LogP) is 3.19. The summed E-state index contributed by atoms with van der Waals surface area (Å²) in [4.78, 5) is 0. The van der Waals surface area contributed by atoms with Crippen molar-refractivity contribution in [2.75, 3.05) is 11.9 Å². The maximum Gasteiger partial charge on any atom is 0.123 e. The quantitative estimate of drug-likeness (QED) is 0.847. The molecule has 0 aliphatic carbocycles. The van der Waals surface area contributed by atoms with Gasteiger partial charge < -0.3 is 10.4 Å². The lowest BCUT2D eigenvalue weighted by molar-refractivity contribution is 0.474. The SMILES string of the molecule is Oc1cccc(CCNc2ccc(F)cc2)c1. The molecule has 0 aromatic heterocycles. The van der Waals surface area contributed by atoms with E-state index in [2.05, 4.69) is 5.32 Å². The first-order valence-electron chi connectivity index (χ1n) is 5.51. The summed E-state index contributed by atoms with van der Waals surface area (Å²) in [6.45, 7) is 0.745. The number of hydrogen-bond donors (Lipinski definition) is 2. The monoisotopic (exact) mass is 231 g/mol. The maximum absolute atomic E-state index is 12.7. The number of phenolic OH excluding ortho intramolecular Hbond substituents is 1. The molecule has 88 valence electrons. The summed E-state index contributed by atoms with van der Waals surface area (Å²) >= 11 is 0. The van der Waals surface area contributed by atoms with Crippen molar-refractivity contribution in [3.63, 3.8) is 0 Å². The first-order chi connectivity index (χ1) is 8.24. The van der Waals surface area contributed by atoms with E-state index in [1.54, 1.807) is 24.3 Å². The van der Waals surface area contributed by atoms with Crippen molar-refractivity contribution in [3.05, 3.63) is 59.9 Å². The number of anilines is 1. The maximum atomic E-state index is 12.7. The standard InChI is InChI=1S/C14H14FNO/c15-12-4-6-13(7-5-12)16-9-8-11-2-1-3-14(17)10-11/h1-7,10,16-17H,8-9H2. The molecule has 0 aliphatic heterocycles. The molecule has 0 amide bonds. The van der Waals surface area contributed by atoms with Gasteiger partial charge in [0, 0.05) is 12.2 Å². The van der Waals surface area contributed by atoms with Gasteiger partial charge in [0.1, 0.15) is 11.6 Å². The van der Waals surface area contributed by atoms with E-state index in [1.807, 2.05) is 12.1 Å². The molecule has 0 aliphatic rings. The van der Waals surface area contributed by atoms with E-state index in [-0.39, 0.29) is 11.6 Å². The fourth-order valence-electron chi connectivity index (χ4n) is 1.63. The van der Waals surface area contributed by atoms with E-state index < -0.39 is 0 Å². The molecule has 2 aromatic carbocycles. The third kappa shape index (κ3) is 3.48. The predicted molar refractivity (Wildman–Crippen MR) is 66.7 cm³/mol. The van der Waals surface area contributed by atoms with Crippen LogP contribution in [0.2, 0.25) is 0 Å². The van der Waals surface area contributed by atoms with Crippen LogP contribution in [0.4, 0.5) is 10.1 Å². The summed E-state index contributed by atoms with van der Waals surface area (Å²) in [6.07, 6.45) is 0.811. The Morgan fingerprint density at radius 1 is 1.06 bits per heavy atom. The van der Waals surface area contributed by atoms with Crippen LogP contribution in [0, 0.1) is 5.82 Å². The zero-order valence-corrected chi connectivity index (χ0v) is 9.36. The van der Waals surface area contributed by atoms with Gasteiger partial charge in [-0.05, 0) is 48.4 Å². The van der Waals surface area contributed by atoms with Gasteiger partial charge in [-0.25, -0.2) is 4.39 Å². The molecule has 0 heterocycles. The Labute approximate surface area is 99.7 Å². The molecule has 0 saturated heterocycles. The topological polar surface area (TPSA) is 32.3 Å². The molecule has 0 fully saturated rings. The summed E-state index contributed by atoms with van der Waals surface area (Å²) in [5.74, 6) is 0.0489. The van der Waals surface area contributed by atoms with E-state index in [1.165, 1.54) is 12.1 Å². The molecule has 0 spiro atoms. The lowest BCUT2D eigenvalue weighted by Crippen LogP contribution is -2.04. The van der Waals surface area contributed by atoms with Crippen LogP contribution in [0.1, 0.15) is 5.56 Å². The van der Waals surface area contributed by atoms with Gasteiger partial charge in [-0.1, -0.05) is 12.1 Å². The highest BCUT2D eigenvalue weighted by Gasteiger charge is 1.96. The van der Waals surface area contributed by atoms with Crippen LogP contribution in [-0.4, -0.2) is 11.7 Å². The molecular formula is C14H14FNO. The lowest BCUT2D eigenvalue weighted by atomic mass is 10.1. The largest absolute Gasteiger partial charge is 0.508 e. The molecule has 0 bridgehead atoms. The zero-order chi connectivity index (χ0) is 12.1. The van der Waals surface area contributed by atoms with Crippen LogP contribution >= 0.6 is 0 Å². The summed E-state index contributed by atoms with van der Waals surface area (Å²) < 4.78 is 12.7. The second-order valence-electron chi connectivity index (χ2n) is 3.85. The van der Waals surface area contributed by atoms with Crippen LogP contribution in [0.3, 0.4) is 0 Å². The number of nitrogens with one attached hydrogen (secondary N) is 1. The number of hydrogen-bond acceptors (Lipinski definition) is 2. The number of rotatable bonds is 4. The third-order valence-corrected chi connectivity index (χ3v) is 2.50. The van der Waals surface area contributed by atoms with Crippen molar-refractivity contribution in [2.45, 2.75) is 6.42 Å².